The summed E-state index contributed by atoms with van der Waals surface area (Å²) < 4.78 is 11.2. The standard InChI is InChI=1S/C15H25N3O2/c1-2-19-14(11-6-7-11)15-17-13(20-18-15)9-8-12-5-3-4-10-16-12/h11-12,14,16H,2-10H2,1H3. The predicted octanol–water partition coefficient (Wildman–Crippen LogP) is 2.63. The fourth-order valence-corrected chi connectivity index (χ4v) is 2.95. The summed E-state index contributed by atoms with van der Waals surface area (Å²) in [6.45, 7) is 3.87. The first-order chi connectivity index (χ1) is 9.86. The summed E-state index contributed by atoms with van der Waals surface area (Å²) in [5.74, 6) is 2.11. The molecule has 2 aliphatic rings. The molecule has 0 bridgehead atoms. The van der Waals surface area contributed by atoms with Crippen molar-refractivity contribution in [1.82, 2.24) is 15.5 Å². The van der Waals surface area contributed by atoms with E-state index in [1.165, 1.54) is 32.1 Å². The van der Waals surface area contributed by atoms with Crippen LogP contribution in [0.3, 0.4) is 0 Å². The second-order valence-electron chi connectivity index (χ2n) is 5.95. The fourth-order valence-electron chi connectivity index (χ4n) is 2.95. The van der Waals surface area contributed by atoms with Crippen molar-refractivity contribution in [3.05, 3.63) is 11.7 Å². The summed E-state index contributed by atoms with van der Waals surface area (Å²) in [7, 11) is 0. The van der Waals surface area contributed by atoms with Crippen LogP contribution >= 0.6 is 0 Å². The van der Waals surface area contributed by atoms with Crippen LogP contribution < -0.4 is 5.32 Å². The highest BCUT2D eigenvalue weighted by atomic mass is 16.5. The second-order valence-corrected chi connectivity index (χ2v) is 5.95. The van der Waals surface area contributed by atoms with Crippen LogP contribution in [-0.2, 0) is 11.2 Å². The van der Waals surface area contributed by atoms with Crippen molar-refractivity contribution in [3.8, 4) is 0 Å². The number of rotatable bonds is 7. The first kappa shape index (κ1) is 14.0. The third-order valence-electron chi connectivity index (χ3n) is 4.25. The molecule has 1 aliphatic carbocycles. The van der Waals surface area contributed by atoms with E-state index in [-0.39, 0.29) is 6.10 Å². The van der Waals surface area contributed by atoms with Gasteiger partial charge in [0, 0.05) is 19.1 Å². The first-order valence-corrected chi connectivity index (χ1v) is 8.04. The average Bonchev–Trinajstić information content (AvgIpc) is 3.22. The van der Waals surface area contributed by atoms with E-state index in [1.54, 1.807) is 0 Å². The fraction of sp³-hybridized carbons (Fsp3) is 0.867. The van der Waals surface area contributed by atoms with Crippen LogP contribution in [0.15, 0.2) is 4.52 Å². The molecule has 1 saturated heterocycles. The van der Waals surface area contributed by atoms with Gasteiger partial charge in [0.25, 0.3) is 0 Å². The number of piperidine rings is 1. The second kappa shape index (κ2) is 6.68. The van der Waals surface area contributed by atoms with Crippen LogP contribution in [0.5, 0.6) is 0 Å². The normalized spacial score (nSPS) is 24.8. The largest absolute Gasteiger partial charge is 0.370 e. The van der Waals surface area contributed by atoms with Crippen LogP contribution in [0.2, 0.25) is 0 Å². The molecule has 5 heteroatoms. The number of hydrogen-bond acceptors (Lipinski definition) is 5. The Morgan fingerprint density at radius 1 is 1.35 bits per heavy atom. The van der Waals surface area contributed by atoms with E-state index in [2.05, 4.69) is 15.5 Å². The molecule has 1 aliphatic heterocycles. The van der Waals surface area contributed by atoms with E-state index >= 15 is 0 Å². The van der Waals surface area contributed by atoms with Crippen molar-refractivity contribution in [2.45, 2.75) is 64.0 Å². The van der Waals surface area contributed by atoms with Gasteiger partial charge in [-0.2, -0.15) is 4.98 Å². The van der Waals surface area contributed by atoms with Gasteiger partial charge in [0.1, 0.15) is 6.10 Å². The molecule has 1 aromatic rings. The molecule has 112 valence electrons. The highest BCUT2D eigenvalue weighted by molar-refractivity contribution is 4.98. The minimum absolute atomic E-state index is 0.0466. The lowest BCUT2D eigenvalue weighted by Gasteiger charge is -2.22. The number of aromatic nitrogens is 2. The number of nitrogens with zero attached hydrogens (tertiary/aromatic N) is 2. The lowest BCUT2D eigenvalue weighted by atomic mass is 10.0. The van der Waals surface area contributed by atoms with E-state index in [9.17, 15) is 0 Å². The molecule has 0 amide bonds. The Morgan fingerprint density at radius 3 is 2.95 bits per heavy atom. The Hall–Kier alpha value is -0.940. The summed E-state index contributed by atoms with van der Waals surface area (Å²) in [5.41, 5.74) is 0. The van der Waals surface area contributed by atoms with Gasteiger partial charge >= 0.3 is 0 Å². The van der Waals surface area contributed by atoms with Crippen molar-refractivity contribution >= 4 is 0 Å². The Kier molecular flexibility index (Phi) is 4.68. The SMILES string of the molecule is CCOC(c1noc(CCC2CCCCN2)n1)C1CC1. The molecule has 20 heavy (non-hydrogen) atoms. The molecule has 2 heterocycles. The van der Waals surface area contributed by atoms with Crippen molar-refractivity contribution in [2.24, 2.45) is 5.92 Å². The summed E-state index contributed by atoms with van der Waals surface area (Å²) in [5, 5.41) is 7.68. The molecule has 1 saturated carbocycles. The zero-order valence-corrected chi connectivity index (χ0v) is 12.3. The molecule has 1 aromatic heterocycles. The van der Waals surface area contributed by atoms with E-state index in [0.717, 1.165) is 31.1 Å². The molecule has 0 aromatic carbocycles. The van der Waals surface area contributed by atoms with Crippen LogP contribution in [0.25, 0.3) is 0 Å². The smallest absolute Gasteiger partial charge is 0.226 e. The molecule has 1 N–H and O–H groups in total. The van der Waals surface area contributed by atoms with Crippen LogP contribution in [0.4, 0.5) is 0 Å². The maximum Gasteiger partial charge on any atom is 0.226 e. The van der Waals surface area contributed by atoms with E-state index < -0.39 is 0 Å². The number of hydrogen-bond donors (Lipinski definition) is 1. The topological polar surface area (TPSA) is 60.2 Å². The molecule has 3 rings (SSSR count). The molecule has 2 fully saturated rings. The number of nitrogens with one attached hydrogen (secondary N) is 1. The summed E-state index contributed by atoms with van der Waals surface area (Å²) in [6, 6.07) is 0.616. The minimum Gasteiger partial charge on any atom is -0.370 e. The van der Waals surface area contributed by atoms with Gasteiger partial charge in [-0.25, -0.2) is 0 Å². The molecule has 5 nitrogen and oxygen atoms in total. The lowest BCUT2D eigenvalue weighted by molar-refractivity contribution is 0.0384. The maximum absolute atomic E-state index is 5.76. The highest BCUT2D eigenvalue weighted by Gasteiger charge is 2.36. The van der Waals surface area contributed by atoms with Crippen LogP contribution in [0, 0.1) is 5.92 Å². The van der Waals surface area contributed by atoms with E-state index in [0.29, 0.717) is 18.6 Å². The molecule has 0 spiro atoms. The Balaban J connectivity index is 1.52. The third kappa shape index (κ3) is 3.58. The van der Waals surface area contributed by atoms with Crippen molar-refractivity contribution in [1.29, 1.82) is 0 Å². The van der Waals surface area contributed by atoms with E-state index in [1.807, 2.05) is 6.92 Å². The van der Waals surface area contributed by atoms with E-state index in [4.69, 9.17) is 9.26 Å². The van der Waals surface area contributed by atoms with Gasteiger partial charge < -0.3 is 14.6 Å². The van der Waals surface area contributed by atoms with Crippen molar-refractivity contribution in [2.75, 3.05) is 13.2 Å². The third-order valence-corrected chi connectivity index (χ3v) is 4.25. The monoisotopic (exact) mass is 279 g/mol. The van der Waals surface area contributed by atoms with Crippen LogP contribution in [-0.4, -0.2) is 29.3 Å². The van der Waals surface area contributed by atoms with Gasteiger partial charge in [0.05, 0.1) is 0 Å². The van der Waals surface area contributed by atoms with Gasteiger partial charge in [-0.1, -0.05) is 11.6 Å². The van der Waals surface area contributed by atoms with Gasteiger partial charge in [0.2, 0.25) is 11.7 Å². The molecule has 0 radical (unpaired) electrons. The van der Waals surface area contributed by atoms with Gasteiger partial charge in [-0.05, 0) is 51.5 Å². The number of ether oxygens (including phenoxy) is 1. The van der Waals surface area contributed by atoms with Gasteiger partial charge in [0.15, 0.2) is 0 Å². The van der Waals surface area contributed by atoms with Gasteiger partial charge in [-0.15, -0.1) is 0 Å². The molecular weight excluding hydrogens is 254 g/mol. The first-order valence-electron chi connectivity index (χ1n) is 8.04. The Morgan fingerprint density at radius 2 is 2.25 bits per heavy atom. The van der Waals surface area contributed by atoms with Crippen LogP contribution in [0.1, 0.15) is 63.3 Å². The Bertz CT molecular complexity index is 411. The zero-order valence-electron chi connectivity index (χ0n) is 12.3. The van der Waals surface area contributed by atoms with Crippen molar-refractivity contribution < 1.29 is 9.26 Å². The molecule has 2 unspecified atom stereocenters. The summed E-state index contributed by atoms with van der Waals surface area (Å²) >= 11 is 0. The molecular formula is C15H25N3O2. The quantitative estimate of drug-likeness (QED) is 0.831. The highest BCUT2D eigenvalue weighted by Crippen LogP contribution is 2.42. The minimum atomic E-state index is 0.0466. The zero-order chi connectivity index (χ0) is 13.8. The average molecular weight is 279 g/mol. The molecule has 2 atom stereocenters. The summed E-state index contributed by atoms with van der Waals surface area (Å²) in [6.07, 6.45) is 8.36. The lowest BCUT2D eigenvalue weighted by Crippen LogP contribution is -2.34. The predicted molar refractivity (Wildman–Crippen MR) is 75.4 cm³/mol. The number of aryl methyl sites for hydroxylation is 1. The van der Waals surface area contributed by atoms with Crippen molar-refractivity contribution in [3.63, 3.8) is 0 Å². The van der Waals surface area contributed by atoms with Gasteiger partial charge in [-0.3, -0.25) is 0 Å². The summed E-state index contributed by atoms with van der Waals surface area (Å²) in [4.78, 5) is 4.54. The Labute approximate surface area is 120 Å². The maximum atomic E-state index is 5.76.